The van der Waals surface area contributed by atoms with E-state index in [0.717, 1.165) is 23.5 Å². The van der Waals surface area contributed by atoms with Crippen LogP contribution in [0.25, 0.3) is 0 Å². The van der Waals surface area contributed by atoms with Crippen molar-refractivity contribution < 1.29 is 4.79 Å². The Kier molecular flexibility index (Phi) is 4.12. The molecule has 0 spiro atoms. The van der Waals surface area contributed by atoms with E-state index in [4.69, 9.17) is 5.73 Å². The van der Waals surface area contributed by atoms with Gasteiger partial charge in [0.15, 0.2) is 0 Å². The van der Waals surface area contributed by atoms with E-state index in [2.05, 4.69) is 16.8 Å². The number of carbonyl (C=O) groups excluding carboxylic acids is 1. The molecule has 1 aromatic rings. The van der Waals surface area contributed by atoms with Gasteiger partial charge >= 0.3 is 0 Å². The normalized spacial score (nSPS) is 12.6. The fourth-order valence-electron chi connectivity index (χ4n) is 1.88. The summed E-state index contributed by atoms with van der Waals surface area (Å²) in [5.41, 5.74) is 8.36. The van der Waals surface area contributed by atoms with Gasteiger partial charge in [0.2, 0.25) is 0 Å². The zero-order valence-electron chi connectivity index (χ0n) is 10.5. The van der Waals surface area contributed by atoms with Gasteiger partial charge in [-0.25, -0.2) is 0 Å². The van der Waals surface area contributed by atoms with Crippen molar-refractivity contribution in [3.63, 3.8) is 0 Å². The van der Waals surface area contributed by atoms with Gasteiger partial charge in [-0.3, -0.25) is 4.79 Å². The highest BCUT2D eigenvalue weighted by molar-refractivity contribution is 5.95. The summed E-state index contributed by atoms with van der Waals surface area (Å²) in [6.07, 6.45) is 0. The van der Waals surface area contributed by atoms with E-state index in [0.29, 0.717) is 6.54 Å². The lowest BCUT2D eigenvalue weighted by atomic mass is 10.2. The lowest BCUT2D eigenvalue weighted by Gasteiger charge is -2.11. The minimum absolute atomic E-state index is 0.0113. The maximum absolute atomic E-state index is 11.9. The van der Waals surface area contributed by atoms with Gasteiger partial charge in [0.25, 0.3) is 5.91 Å². The molecule has 0 saturated heterocycles. The van der Waals surface area contributed by atoms with Gasteiger partial charge in [-0.05, 0) is 33.8 Å². The molecule has 3 N–H and O–H groups in total. The zero-order valence-corrected chi connectivity index (χ0v) is 10.5. The standard InChI is InChI=1S/C12H21N3O/c1-5-15-9(3)6-11(10(15)4)12(16)14-8(2)7-13/h6,8H,5,7,13H2,1-4H3,(H,14,16)/t8-/m0/s1. The Hall–Kier alpha value is -1.29. The molecular weight excluding hydrogens is 202 g/mol. The van der Waals surface area contributed by atoms with Gasteiger partial charge < -0.3 is 15.6 Å². The lowest BCUT2D eigenvalue weighted by molar-refractivity contribution is 0.0940. The lowest BCUT2D eigenvalue weighted by Crippen LogP contribution is -2.37. The van der Waals surface area contributed by atoms with Crippen LogP contribution >= 0.6 is 0 Å². The van der Waals surface area contributed by atoms with E-state index < -0.39 is 0 Å². The van der Waals surface area contributed by atoms with Gasteiger partial charge in [0.1, 0.15) is 0 Å². The number of hydrogen-bond acceptors (Lipinski definition) is 2. The van der Waals surface area contributed by atoms with E-state index in [9.17, 15) is 4.79 Å². The Labute approximate surface area is 96.8 Å². The largest absolute Gasteiger partial charge is 0.349 e. The Balaban J connectivity index is 2.92. The highest BCUT2D eigenvalue weighted by Crippen LogP contribution is 2.14. The van der Waals surface area contributed by atoms with Crippen molar-refractivity contribution in [1.82, 2.24) is 9.88 Å². The third kappa shape index (κ3) is 2.44. The van der Waals surface area contributed by atoms with Crippen molar-refractivity contribution >= 4 is 5.91 Å². The molecule has 0 aliphatic rings. The topological polar surface area (TPSA) is 60.0 Å². The van der Waals surface area contributed by atoms with Crippen LogP contribution in [0.3, 0.4) is 0 Å². The first-order valence-electron chi connectivity index (χ1n) is 5.68. The Morgan fingerprint density at radius 3 is 2.62 bits per heavy atom. The quantitative estimate of drug-likeness (QED) is 0.805. The molecule has 1 aromatic heterocycles. The highest BCUT2D eigenvalue weighted by Gasteiger charge is 2.15. The van der Waals surface area contributed by atoms with Crippen molar-refractivity contribution in [1.29, 1.82) is 0 Å². The van der Waals surface area contributed by atoms with Crippen LogP contribution in [-0.2, 0) is 6.54 Å². The molecule has 0 aliphatic carbocycles. The Morgan fingerprint density at radius 2 is 2.19 bits per heavy atom. The van der Waals surface area contributed by atoms with Gasteiger partial charge in [0, 0.05) is 30.5 Å². The molecule has 4 heteroatoms. The van der Waals surface area contributed by atoms with Gasteiger partial charge in [0.05, 0.1) is 5.56 Å². The van der Waals surface area contributed by atoms with E-state index in [1.165, 1.54) is 0 Å². The fraction of sp³-hybridized carbons (Fsp3) is 0.583. The van der Waals surface area contributed by atoms with Crippen LogP contribution < -0.4 is 11.1 Å². The molecule has 0 radical (unpaired) electrons. The zero-order chi connectivity index (χ0) is 12.3. The Morgan fingerprint density at radius 1 is 1.56 bits per heavy atom. The van der Waals surface area contributed by atoms with Crippen molar-refractivity contribution in [2.75, 3.05) is 6.54 Å². The third-order valence-electron chi connectivity index (χ3n) is 2.87. The monoisotopic (exact) mass is 223 g/mol. The van der Waals surface area contributed by atoms with E-state index in [1.54, 1.807) is 0 Å². The predicted molar refractivity (Wildman–Crippen MR) is 65.6 cm³/mol. The van der Waals surface area contributed by atoms with Crippen molar-refractivity contribution in [2.24, 2.45) is 5.73 Å². The average molecular weight is 223 g/mol. The van der Waals surface area contributed by atoms with Crippen LogP contribution in [-0.4, -0.2) is 23.1 Å². The molecule has 0 unspecified atom stereocenters. The van der Waals surface area contributed by atoms with Crippen LogP contribution in [0.5, 0.6) is 0 Å². The van der Waals surface area contributed by atoms with E-state index in [1.807, 2.05) is 26.8 Å². The van der Waals surface area contributed by atoms with Crippen molar-refractivity contribution in [3.05, 3.63) is 23.0 Å². The number of nitrogens with two attached hydrogens (primary N) is 1. The molecule has 0 aromatic carbocycles. The van der Waals surface area contributed by atoms with Crippen LogP contribution in [0.15, 0.2) is 6.07 Å². The van der Waals surface area contributed by atoms with Crippen molar-refractivity contribution in [2.45, 2.75) is 40.3 Å². The number of rotatable bonds is 4. The summed E-state index contributed by atoms with van der Waals surface area (Å²) in [6.45, 7) is 9.30. The molecule has 1 heterocycles. The molecule has 0 aliphatic heterocycles. The summed E-state index contributed by atoms with van der Waals surface area (Å²) in [5.74, 6) is -0.0363. The molecule has 16 heavy (non-hydrogen) atoms. The fourth-order valence-corrected chi connectivity index (χ4v) is 1.88. The summed E-state index contributed by atoms with van der Waals surface area (Å²) in [5, 5.41) is 2.87. The van der Waals surface area contributed by atoms with Crippen molar-refractivity contribution in [3.8, 4) is 0 Å². The van der Waals surface area contributed by atoms with Gasteiger partial charge in [-0.2, -0.15) is 0 Å². The molecule has 1 amide bonds. The molecule has 90 valence electrons. The molecule has 4 nitrogen and oxygen atoms in total. The first kappa shape index (κ1) is 12.8. The van der Waals surface area contributed by atoms with Crippen LogP contribution in [0.1, 0.15) is 35.6 Å². The minimum atomic E-state index is -0.0363. The van der Waals surface area contributed by atoms with E-state index >= 15 is 0 Å². The first-order valence-corrected chi connectivity index (χ1v) is 5.68. The predicted octanol–water partition coefficient (Wildman–Crippen LogP) is 1.20. The number of carbonyl (C=O) groups is 1. The molecular formula is C12H21N3O. The summed E-state index contributed by atoms with van der Waals surface area (Å²) in [4.78, 5) is 11.9. The second kappa shape index (κ2) is 5.16. The molecule has 0 fully saturated rings. The summed E-state index contributed by atoms with van der Waals surface area (Å²) in [7, 11) is 0. The second-order valence-electron chi connectivity index (χ2n) is 4.14. The first-order chi connectivity index (χ1) is 7.51. The number of amides is 1. The molecule has 0 bridgehead atoms. The average Bonchev–Trinajstić information content (AvgIpc) is 2.53. The number of nitrogens with zero attached hydrogens (tertiary/aromatic N) is 1. The number of aromatic nitrogens is 1. The highest BCUT2D eigenvalue weighted by atomic mass is 16.1. The van der Waals surface area contributed by atoms with Crippen LogP contribution in [0.4, 0.5) is 0 Å². The molecule has 0 saturated carbocycles. The minimum Gasteiger partial charge on any atom is -0.349 e. The van der Waals surface area contributed by atoms with Crippen LogP contribution in [0, 0.1) is 13.8 Å². The van der Waals surface area contributed by atoms with E-state index in [-0.39, 0.29) is 11.9 Å². The molecule has 1 atom stereocenters. The molecule has 1 rings (SSSR count). The maximum Gasteiger partial charge on any atom is 0.253 e. The number of aryl methyl sites for hydroxylation is 1. The summed E-state index contributed by atoms with van der Waals surface area (Å²) < 4.78 is 2.13. The number of hydrogen-bond donors (Lipinski definition) is 2. The van der Waals surface area contributed by atoms with Gasteiger partial charge in [-0.1, -0.05) is 0 Å². The summed E-state index contributed by atoms with van der Waals surface area (Å²) >= 11 is 0. The number of nitrogens with one attached hydrogen (secondary N) is 1. The summed E-state index contributed by atoms with van der Waals surface area (Å²) in [6, 6.07) is 1.94. The SMILES string of the molecule is CCn1c(C)cc(C(=O)N[C@@H](C)CN)c1C. The Bertz CT molecular complexity index is 382. The maximum atomic E-state index is 11.9. The van der Waals surface area contributed by atoms with Gasteiger partial charge in [-0.15, -0.1) is 0 Å². The van der Waals surface area contributed by atoms with Crippen LogP contribution in [0.2, 0.25) is 0 Å². The second-order valence-corrected chi connectivity index (χ2v) is 4.14. The smallest absolute Gasteiger partial charge is 0.253 e. The third-order valence-corrected chi connectivity index (χ3v) is 2.87.